The van der Waals surface area contributed by atoms with Gasteiger partial charge >= 0.3 is 0 Å². The Morgan fingerprint density at radius 2 is 1.95 bits per heavy atom. The smallest absolute Gasteiger partial charge is 0.0783 e. The minimum atomic E-state index is 0.120. The van der Waals surface area contributed by atoms with Crippen molar-refractivity contribution in [2.75, 3.05) is 11.4 Å². The Kier molecular flexibility index (Phi) is 4.32. The van der Waals surface area contributed by atoms with Crippen LogP contribution in [0, 0.1) is 6.92 Å². The van der Waals surface area contributed by atoms with Crippen molar-refractivity contribution in [2.24, 2.45) is 5.73 Å². The van der Waals surface area contributed by atoms with Gasteiger partial charge in [-0.15, -0.1) is 11.3 Å². The van der Waals surface area contributed by atoms with Gasteiger partial charge in [-0.2, -0.15) is 0 Å². The normalized spacial score (nSPS) is 18.0. The van der Waals surface area contributed by atoms with Gasteiger partial charge in [-0.1, -0.05) is 18.2 Å². The van der Waals surface area contributed by atoms with Gasteiger partial charge in [0, 0.05) is 28.0 Å². The van der Waals surface area contributed by atoms with E-state index in [1.165, 1.54) is 40.3 Å². The summed E-state index contributed by atoms with van der Waals surface area (Å²) in [7, 11) is 0. The van der Waals surface area contributed by atoms with E-state index in [1.54, 1.807) is 0 Å². The third kappa shape index (κ3) is 2.99. The van der Waals surface area contributed by atoms with Crippen molar-refractivity contribution in [2.45, 2.75) is 45.2 Å². The molecule has 2 atom stereocenters. The molecule has 0 radical (unpaired) electrons. The molecule has 3 heteroatoms. The summed E-state index contributed by atoms with van der Waals surface area (Å²) >= 11 is 1.88. The quantitative estimate of drug-likeness (QED) is 0.916. The molecule has 0 aliphatic carbocycles. The standard InChI is InChI=1S/C18H24N2S/c1-13-10-11-17(21-13)18(14(2)19)20-12-6-5-8-15-7-3-4-9-16(15)20/h3-4,7,9-11,14,18H,5-6,8,12,19H2,1-2H3. The van der Waals surface area contributed by atoms with Crippen LogP contribution in [0.4, 0.5) is 5.69 Å². The first kappa shape index (κ1) is 14.6. The molecule has 2 heterocycles. The number of nitrogens with two attached hydrogens (primary N) is 1. The Hall–Kier alpha value is -1.32. The van der Waals surface area contributed by atoms with Gasteiger partial charge in [0.15, 0.2) is 0 Å². The molecule has 21 heavy (non-hydrogen) atoms. The summed E-state index contributed by atoms with van der Waals surface area (Å²) in [6, 6.07) is 13.7. The molecule has 1 aromatic carbocycles. The molecular weight excluding hydrogens is 276 g/mol. The van der Waals surface area contributed by atoms with Gasteiger partial charge in [0.25, 0.3) is 0 Å². The fourth-order valence-corrected chi connectivity index (χ4v) is 4.42. The average molecular weight is 300 g/mol. The lowest BCUT2D eigenvalue weighted by Crippen LogP contribution is -2.39. The molecule has 2 nitrogen and oxygen atoms in total. The highest BCUT2D eigenvalue weighted by Gasteiger charge is 2.28. The summed E-state index contributed by atoms with van der Waals surface area (Å²) < 4.78 is 0. The van der Waals surface area contributed by atoms with Crippen molar-refractivity contribution in [3.05, 3.63) is 51.7 Å². The highest BCUT2D eigenvalue weighted by Crippen LogP contribution is 2.37. The van der Waals surface area contributed by atoms with Crippen LogP contribution in [0.3, 0.4) is 0 Å². The van der Waals surface area contributed by atoms with Crippen LogP contribution in [0.5, 0.6) is 0 Å². The second-order valence-corrected chi connectivity index (χ2v) is 7.35. The second kappa shape index (κ2) is 6.20. The number of para-hydroxylation sites is 1. The largest absolute Gasteiger partial charge is 0.362 e. The van der Waals surface area contributed by atoms with E-state index in [2.05, 4.69) is 55.1 Å². The number of nitrogens with zero attached hydrogens (tertiary/aromatic N) is 1. The van der Waals surface area contributed by atoms with E-state index >= 15 is 0 Å². The lowest BCUT2D eigenvalue weighted by molar-refractivity contribution is 0.531. The number of fused-ring (bicyclic) bond motifs is 1. The second-order valence-electron chi connectivity index (χ2n) is 6.03. The molecule has 2 aromatic rings. The molecule has 2 unspecified atom stereocenters. The molecule has 0 amide bonds. The van der Waals surface area contributed by atoms with E-state index in [1.807, 2.05) is 11.3 Å². The highest BCUT2D eigenvalue weighted by molar-refractivity contribution is 7.12. The van der Waals surface area contributed by atoms with Crippen molar-refractivity contribution in [3.63, 3.8) is 0 Å². The van der Waals surface area contributed by atoms with Gasteiger partial charge < -0.3 is 10.6 Å². The summed E-state index contributed by atoms with van der Waals surface area (Å²) in [4.78, 5) is 5.29. The van der Waals surface area contributed by atoms with Gasteiger partial charge in [0.2, 0.25) is 0 Å². The topological polar surface area (TPSA) is 29.3 Å². The number of thiophene rings is 1. The van der Waals surface area contributed by atoms with Crippen LogP contribution in [-0.4, -0.2) is 12.6 Å². The SMILES string of the molecule is Cc1ccc(C(C(C)N)N2CCCCc3ccccc32)s1. The lowest BCUT2D eigenvalue weighted by Gasteiger charge is -2.36. The predicted molar refractivity (Wildman–Crippen MR) is 92.2 cm³/mol. The summed E-state index contributed by atoms with van der Waals surface area (Å²) in [5.74, 6) is 0. The third-order valence-electron chi connectivity index (χ3n) is 4.28. The van der Waals surface area contributed by atoms with Crippen LogP contribution in [0.2, 0.25) is 0 Å². The van der Waals surface area contributed by atoms with E-state index < -0.39 is 0 Å². The molecule has 1 aliphatic rings. The molecule has 2 N–H and O–H groups in total. The van der Waals surface area contributed by atoms with E-state index in [4.69, 9.17) is 5.73 Å². The zero-order valence-corrected chi connectivity index (χ0v) is 13.7. The molecule has 0 saturated heterocycles. The zero-order valence-electron chi connectivity index (χ0n) is 12.9. The van der Waals surface area contributed by atoms with Gasteiger partial charge in [0.05, 0.1) is 6.04 Å². The Bertz CT molecular complexity index is 603. The molecule has 0 bridgehead atoms. The van der Waals surface area contributed by atoms with Crippen LogP contribution >= 0.6 is 11.3 Å². The number of anilines is 1. The van der Waals surface area contributed by atoms with Crippen molar-refractivity contribution < 1.29 is 0 Å². The van der Waals surface area contributed by atoms with Crippen LogP contribution in [-0.2, 0) is 6.42 Å². The molecular formula is C18H24N2S. The Morgan fingerprint density at radius 3 is 2.67 bits per heavy atom. The van der Waals surface area contributed by atoms with Gasteiger partial charge in [-0.3, -0.25) is 0 Å². The van der Waals surface area contributed by atoms with Crippen LogP contribution in [0.25, 0.3) is 0 Å². The van der Waals surface area contributed by atoms with Crippen LogP contribution < -0.4 is 10.6 Å². The third-order valence-corrected chi connectivity index (χ3v) is 5.35. The Morgan fingerprint density at radius 1 is 1.14 bits per heavy atom. The minimum absolute atomic E-state index is 0.120. The molecule has 1 aliphatic heterocycles. The number of hydrogen-bond acceptors (Lipinski definition) is 3. The zero-order chi connectivity index (χ0) is 14.8. The van der Waals surface area contributed by atoms with E-state index in [-0.39, 0.29) is 12.1 Å². The molecule has 3 rings (SSSR count). The van der Waals surface area contributed by atoms with Gasteiger partial charge in [-0.25, -0.2) is 0 Å². The van der Waals surface area contributed by atoms with E-state index in [0.29, 0.717) is 0 Å². The summed E-state index contributed by atoms with van der Waals surface area (Å²) in [5, 5.41) is 0. The molecule has 0 saturated carbocycles. The van der Waals surface area contributed by atoms with E-state index in [0.717, 1.165) is 6.54 Å². The predicted octanol–water partition coefficient (Wildman–Crippen LogP) is 4.29. The Balaban J connectivity index is 2.03. The fourth-order valence-electron chi connectivity index (χ4n) is 3.32. The number of benzene rings is 1. The average Bonchev–Trinajstić information content (AvgIpc) is 2.77. The minimum Gasteiger partial charge on any atom is -0.362 e. The maximum atomic E-state index is 6.38. The number of rotatable bonds is 3. The van der Waals surface area contributed by atoms with Crippen molar-refractivity contribution in [3.8, 4) is 0 Å². The Labute approximate surface area is 131 Å². The maximum absolute atomic E-state index is 6.38. The summed E-state index contributed by atoms with van der Waals surface area (Å²) in [6.07, 6.45) is 3.69. The van der Waals surface area contributed by atoms with Gasteiger partial charge in [0.1, 0.15) is 0 Å². The first-order chi connectivity index (χ1) is 10.2. The first-order valence-corrected chi connectivity index (χ1v) is 8.65. The van der Waals surface area contributed by atoms with Crippen molar-refractivity contribution in [1.29, 1.82) is 0 Å². The highest BCUT2D eigenvalue weighted by atomic mass is 32.1. The fraction of sp³-hybridized carbons (Fsp3) is 0.444. The molecule has 0 spiro atoms. The monoisotopic (exact) mass is 300 g/mol. The van der Waals surface area contributed by atoms with Crippen molar-refractivity contribution in [1.82, 2.24) is 0 Å². The molecule has 112 valence electrons. The summed E-state index contributed by atoms with van der Waals surface area (Å²) in [5.41, 5.74) is 9.23. The van der Waals surface area contributed by atoms with Crippen LogP contribution in [0.15, 0.2) is 36.4 Å². The van der Waals surface area contributed by atoms with E-state index in [9.17, 15) is 0 Å². The number of hydrogen-bond donors (Lipinski definition) is 1. The van der Waals surface area contributed by atoms with Gasteiger partial charge in [-0.05, 0) is 56.9 Å². The first-order valence-electron chi connectivity index (χ1n) is 7.83. The van der Waals surface area contributed by atoms with Crippen molar-refractivity contribution >= 4 is 17.0 Å². The lowest BCUT2D eigenvalue weighted by atomic mass is 10.0. The van der Waals surface area contributed by atoms with Crippen LogP contribution in [0.1, 0.15) is 41.1 Å². The maximum Gasteiger partial charge on any atom is 0.0783 e. The number of aryl methyl sites for hydroxylation is 2. The molecule has 0 fully saturated rings. The summed E-state index contributed by atoms with van der Waals surface area (Å²) in [6.45, 7) is 5.40. The molecule has 1 aromatic heterocycles.